The lowest BCUT2D eigenvalue weighted by atomic mass is 9.95. The number of rotatable bonds is 5. The van der Waals surface area contributed by atoms with Crippen molar-refractivity contribution in [1.82, 2.24) is 5.32 Å². The molecule has 1 aliphatic rings. The molecule has 0 heterocycles. The predicted octanol–water partition coefficient (Wildman–Crippen LogP) is 3.61. The zero-order valence-electron chi connectivity index (χ0n) is 14.5. The number of anilines is 1. The summed E-state index contributed by atoms with van der Waals surface area (Å²) in [4.78, 5) is 26.1. The third kappa shape index (κ3) is 4.81. The van der Waals surface area contributed by atoms with Crippen molar-refractivity contribution in [2.75, 3.05) is 11.4 Å². The van der Waals surface area contributed by atoms with Gasteiger partial charge in [-0.1, -0.05) is 51.3 Å². The second-order valence-electron chi connectivity index (χ2n) is 6.72. The van der Waals surface area contributed by atoms with Gasteiger partial charge in [-0.25, -0.2) is 0 Å². The monoisotopic (exact) mass is 316 g/mol. The molecule has 126 valence electrons. The summed E-state index contributed by atoms with van der Waals surface area (Å²) >= 11 is 0. The van der Waals surface area contributed by atoms with E-state index >= 15 is 0 Å². The van der Waals surface area contributed by atoms with Gasteiger partial charge in [0.05, 0.1) is 0 Å². The maximum absolute atomic E-state index is 12.4. The van der Waals surface area contributed by atoms with Crippen LogP contribution in [0.1, 0.15) is 64.4 Å². The van der Waals surface area contributed by atoms with Gasteiger partial charge >= 0.3 is 0 Å². The van der Waals surface area contributed by atoms with Crippen molar-refractivity contribution in [2.45, 2.75) is 64.8 Å². The topological polar surface area (TPSA) is 49.4 Å². The van der Waals surface area contributed by atoms with Crippen LogP contribution < -0.4 is 10.2 Å². The van der Waals surface area contributed by atoms with Crippen molar-refractivity contribution >= 4 is 17.5 Å². The Balaban J connectivity index is 2.10. The first-order chi connectivity index (χ1) is 11.0. The van der Waals surface area contributed by atoms with E-state index in [9.17, 15) is 9.59 Å². The minimum absolute atomic E-state index is 0.0642. The first-order valence-electron chi connectivity index (χ1n) is 8.65. The van der Waals surface area contributed by atoms with E-state index in [-0.39, 0.29) is 24.4 Å². The van der Waals surface area contributed by atoms with Gasteiger partial charge in [0.25, 0.3) is 0 Å². The number of benzene rings is 1. The van der Waals surface area contributed by atoms with Gasteiger partial charge in [0.15, 0.2) is 0 Å². The van der Waals surface area contributed by atoms with Crippen molar-refractivity contribution in [3.63, 3.8) is 0 Å². The molecule has 4 nitrogen and oxygen atoms in total. The van der Waals surface area contributed by atoms with Crippen LogP contribution in [0.4, 0.5) is 5.69 Å². The fraction of sp³-hybridized carbons (Fsp3) is 0.579. The van der Waals surface area contributed by atoms with Crippen LogP contribution in [0.5, 0.6) is 0 Å². The number of nitrogens with one attached hydrogen (secondary N) is 1. The molecule has 0 unspecified atom stereocenters. The summed E-state index contributed by atoms with van der Waals surface area (Å²) in [5.74, 6) is 0.136. The molecule has 23 heavy (non-hydrogen) atoms. The third-order valence-corrected chi connectivity index (χ3v) is 4.50. The summed E-state index contributed by atoms with van der Waals surface area (Å²) < 4.78 is 0. The van der Waals surface area contributed by atoms with Gasteiger partial charge in [0.1, 0.15) is 6.54 Å². The van der Waals surface area contributed by atoms with Crippen LogP contribution in [0.15, 0.2) is 24.3 Å². The van der Waals surface area contributed by atoms with Crippen LogP contribution in [-0.4, -0.2) is 24.4 Å². The molecule has 1 fully saturated rings. The molecule has 0 aromatic heterocycles. The molecule has 4 heteroatoms. The number of carbonyl (C=O) groups is 2. The molecule has 0 spiro atoms. The Morgan fingerprint density at radius 3 is 2.43 bits per heavy atom. The SMILES string of the molecule is CC(=O)N(CC(=O)NC1CCCCC1)c1ccccc1C(C)C. The molecule has 1 aromatic carbocycles. The fourth-order valence-corrected chi connectivity index (χ4v) is 3.25. The molecule has 2 amide bonds. The number of nitrogens with zero attached hydrogens (tertiary/aromatic N) is 1. The average molecular weight is 316 g/mol. The molecule has 1 N–H and O–H groups in total. The molecule has 0 saturated heterocycles. The van der Waals surface area contributed by atoms with Gasteiger partial charge in [0.2, 0.25) is 11.8 Å². The highest BCUT2D eigenvalue weighted by molar-refractivity contribution is 5.98. The van der Waals surface area contributed by atoms with E-state index in [2.05, 4.69) is 19.2 Å². The van der Waals surface area contributed by atoms with E-state index in [0.29, 0.717) is 5.92 Å². The van der Waals surface area contributed by atoms with Crippen molar-refractivity contribution in [2.24, 2.45) is 0 Å². The molecule has 1 aliphatic carbocycles. The quantitative estimate of drug-likeness (QED) is 0.902. The van der Waals surface area contributed by atoms with E-state index < -0.39 is 0 Å². The molecule has 0 aliphatic heterocycles. The van der Waals surface area contributed by atoms with Gasteiger partial charge in [-0.15, -0.1) is 0 Å². The van der Waals surface area contributed by atoms with E-state index in [1.54, 1.807) is 4.90 Å². The van der Waals surface area contributed by atoms with Crippen molar-refractivity contribution in [3.8, 4) is 0 Å². The molecule has 1 aromatic rings. The van der Waals surface area contributed by atoms with Crippen molar-refractivity contribution < 1.29 is 9.59 Å². The number of hydrogen-bond acceptors (Lipinski definition) is 2. The largest absolute Gasteiger partial charge is 0.352 e. The zero-order valence-corrected chi connectivity index (χ0v) is 14.5. The number of hydrogen-bond donors (Lipinski definition) is 1. The van der Waals surface area contributed by atoms with E-state index in [1.165, 1.54) is 26.2 Å². The predicted molar refractivity (Wildman–Crippen MR) is 93.6 cm³/mol. The minimum atomic E-state index is -0.100. The van der Waals surface area contributed by atoms with E-state index in [0.717, 1.165) is 24.1 Å². The maximum atomic E-state index is 12.4. The molecule has 1 saturated carbocycles. The van der Waals surface area contributed by atoms with Crippen LogP contribution in [0, 0.1) is 0 Å². The van der Waals surface area contributed by atoms with Gasteiger partial charge in [0, 0.05) is 18.7 Å². The first-order valence-corrected chi connectivity index (χ1v) is 8.65. The molecule has 2 rings (SSSR count). The Labute approximate surface area is 139 Å². The zero-order chi connectivity index (χ0) is 16.8. The standard InChI is InChI=1S/C19H28N2O2/c1-14(2)17-11-7-8-12-18(17)21(15(3)22)13-19(23)20-16-9-5-4-6-10-16/h7-8,11-12,14,16H,4-6,9-10,13H2,1-3H3,(H,20,23). The van der Waals surface area contributed by atoms with Crippen LogP contribution in [0.3, 0.4) is 0 Å². The van der Waals surface area contributed by atoms with Gasteiger partial charge in [-0.2, -0.15) is 0 Å². The smallest absolute Gasteiger partial charge is 0.240 e. The second-order valence-corrected chi connectivity index (χ2v) is 6.72. The lowest BCUT2D eigenvalue weighted by Crippen LogP contribution is -2.44. The van der Waals surface area contributed by atoms with Gasteiger partial charge in [-0.05, 0) is 30.4 Å². The molecular formula is C19H28N2O2. The molecule has 0 radical (unpaired) electrons. The first kappa shape index (κ1) is 17.5. The average Bonchev–Trinajstić information content (AvgIpc) is 2.53. The molecular weight excluding hydrogens is 288 g/mol. The highest BCUT2D eigenvalue weighted by Gasteiger charge is 2.22. The summed E-state index contributed by atoms with van der Waals surface area (Å²) in [5, 5.41) is 3.09. The Kier molecular flexibility index (Phi) is 6.20. The highest BCUT2D eigenvalue weighted by atomic mass is 16.2. The van der Waals surface area contributed by atoms with Gasteiger partial charge in [-0.3, -0.25) is 9.59 Å². The Morgan fingerprint density at radius 2 is 1.83 bits per heavy atom. The lowest BCUT2D eigenvalue weighted by molar-refractivity contribution is -0.123. The summed E-state index contributed by atoms with van der Waals surface area (Å²) in [7, 11) is 0. The van der Waals surface area contributed by atoms with Crippen LogP contribution in [0.25, 0.3) is 0 Å². The van der Waals surface area contributed by atoms with Crippen LogP contribution in [-0.2, 0) is 9.59 Å². The van der Waals surface area contributed by atoms with Crippen molar-refractivity contribution in [3.05, 3.63) is 29.8 Å². The number of para-hydroxylation sites is 1. The lowest BCUT2D eigenvalue weighted by Gasteiger charge is -2.27. The Morgan fingerprint density at radius 1 is 1.17 bits per heavy atom. The van der Waals surface area contributed by atoms with E-state index in [1.807, 2.05) is 24.3 Å². The summed E-state index contributed by atoms with van der Waals surface area (Å²) in [5.41, 5.74) is 1.93. The minimum Gasteiger partial charge on any atom is -0.352 e. The number of amides is 2. The Hall–Kier alpha value is -1.84. The summed E-state index contributed by atoms with van der Waals surface area (Å²) in [6.07, 6.45) is 5.71. The van der Waals surface area contributed by atoms with Gasteiger partial charge < -0.3 is 10.2 Å². The number of carbonyl (C=O) groups excluding carboxylic acids is 2. The highest BCUT2D eigenvalue weighted by Crippen LogP contribution is 2.27. The third-order valence-electron chi connectivity index (χ3n) is 4.50. The summed E-state index contributed by atoms with van der Waals surface area (Å²) in [6, 6.07) is 8.10. The molecule has 0 bridgehead atoms. The maximum Gasteiger partial charge on any atom is 0.240 e. The summed E-state index contributed by atoms with van der Waals surface area (Å²) in [6.45, 7) is 5.80. The Bertz CT molecular complexity index is 548. The van der Waals surface area contributed by atoms with Crippen LogP contribution in [0.2, 0.25) is 0 Å². The normalized spacial score (nSPS) is 15.5. The fourth-order valence-electron chi connectivity index (χ4n) is 3.25. The molecule has 0 atom stereocenters. The van der Waals surface area contributed by atoms with Crippen molar-refractivity contribution in [1.29, 1.82) is 0 Å². The van der Waals surface area contributed by atoms with Crippen LogP contribution >= 0.6 is 0 Å². The van der Waals surface area contributed by atoms with E-state index in [4.69, 9.17) is 0 Å². The second kappa shape index (κ2) is 8.14.